The van der Waals surface area contributed by atoms with Gasteiger partial charge in [-0.3, -0.25) is 9.59 Å². The highest BCUT2D eigenvalue weighted by Gasteiger charge is 2.47. The van der Waals surface area contributed by atoms with Crippen LogP contribution >= 0.6 is 0 Å². The first-order chi connectivity index (χ1) is 42.2. The fourth-order valence-electron chi connectivity index (χ4n) is 10.3. The highest BCUT2D eigenvalue weighted by Crippen LogP contribution is 2.26. The largest absolute Gasteiger partial charge is 0.454 e. The van der Waals surface area contributed by atoms with Crippen molar-refractivity contribution in [2.45, 2.75) is 339 Å². The van der Waals surface area contributed by atoms with Crippen LogP contribution in [0.4, 0.5) is 0 Å². The second-order valence-corrected chi connectivity index (χ2v) is 23.9. The Morgan fingerprint density at radius 3 is 1.22 bits per heavy atom. The van der Waals surface area contributed by atoms with Gasteiger partial charge in [0.05, 0.1) is 25.4 Å². The van der Waals surface area contributed by atoms with Crippen LogP contribution in [-0.2, 0) is 23.8 Å². The molecule has 0 aromatic rings. The Balaban J connectivity index is 2.62. The predicted molar refractivity (Wildman–Crippen MR) is 361 cm³/mol. The molecule has 0 bridgehead atoms. The Bertz CT molecular complexity index is 1820. The molecule has 1 aliphatic heterocycles. The molecule has 11 heteroatoms. The van der Waals surface area contributed by atoms with Crippen molar-refractivity contribution in [2.24, 2.45) is 0 Å². The highest BCUT2D eigenvalue weighted by molar-refractivity contribution is 5.80. The Kier molecular flexibility index (Phi) is 57.5. The maximum atomic E-state index is 13.5. The van der Waals surface area contributed by atoms with E-state index in [1.54, 1.807) is 6.08 Å². The van der Waals surface area contributed by atoms with E-state index in [4.69, 9.17) is 14.2 Å². The summed E-state index contributed by atoms with van der Waals surface area (Å²) in [5, 5.41) is 57.2. The van der Waals surface area contributed by atoms with Crippen LogP contribution in [0.2, 0.25) is 0 Å². The average molecular weight is 1200 g/mol. The van der Waals surface area contributed by atoms with Crippen LogP contribution in [0.1, 0.15) is 290 Å². The van der Waals surface area contributed by atoms with Crippen molar-refractivity contribution in [3.63, 3.8) is 0 Å². The normalized spacial score (nSPS) is 19.0. The molecule has 0 spiro atoms. The summed E-state index contributed by atoms with van der Waals surface area (Å²) in [6.45, 7) is 5.73. The monoisotopic (exact) mass is 1200 g/mol. The number of hydrogen-bond acceptors (Lipinski definition) is 10. The number of esters is 1. The molecule has 1 rings (SSSR count). The van der Waals surface area contributed by atoms with Crippen LogP contribution < -0.4 is 5.32 Å². The molecule has 1 heterocycles. The number of rotatable bonds is 59. The van der Waals surface area contributed by atoms with Crippen molar-refractivity contribution in [3.05, 3.63) is 109 Å². The summed E-state index contributed by atoms with van der Waals surface area (Å²) in [4.78, 5) is 26.7. The summed E-state index contributed by atoms with van der Waals surface area (Å²) < 4.78 is 17.7. The molecule has 1 amide bonds. The first kappa shape index (κ1) is 80.3. The molecule has 11 nitrogen and oxygen atoms in total. The van der Waals surface area contributed by atoms with Gasteiger partial charge in [-0.1, -0.05) is 278 Å². The molecule has 8 unspecified atom stereocenters. The van der Waals surface area contributed by atoms with Crippen molar-refractivity contribution < 1.29 is 49.3 Å². The topological polar surface area (TPSA) is 175 Å². The fourth-order valence-corrected chi connectivity index (χ4v) is 10.3. The molecule has 0 aromatic heterocycles. The molecular weight excluding hydrogens is 1070 g/mol. The van der Waals surface area contributed by atoms with Crippen LogP contribution in [-0.4, -0.2) is 99.6 Å². The minimum Gasteiger partial charge on any atom is -0.454 e. The number of aliphatic hydroxyl groups is 5. The van der Waals surface area contributed by atoms with Gasteiger partial charge in [-0.05, 0) is 116 Å². The molecule has 494 valence electrons. The van der Waals surface area contributed by atoms with Crippen molar-refractivity contribution >= 4 is 11.9 Å². The lowest BCUT2D eigenvalue weighted by Crippen LogP contribution is -2.61. The molecule has 6 N–H and O–H groups in total. The predicted octanol–water partition coefficient (Wildman–Crippen LogP) is 18.0. The third kappa shape index (κ3) is 48.3. The van der Waals surface area contributed by atoms with Gasteiger partial charge in [0.2, 0.25) is 5.91 Å². The Morgan fingerprint density at radius 1 is 0.453 bits per heavy atom. The lowest BCUT2D eigenvalue weighted by atomic mass is 9.99. The molecule has 1 fully saturated rings. The van der Waals surface area contributed by atoms with Crippen LogP contribution in [0.25, 0.3) is 0 Å². The number of ether oxygens (including phenoxy) is 3. The number of aliphatic hydroxyl groups excluding tert-OH is 5. The lowest BCUT2D eigenvalue weighted by molar-refractivity contribution is -0.305. The van der Waals surface area contributed by atoms with Gasteiger partial charge in [-0.25, -0.2) is 0 Å². The van der Waals surface area contributed by atoms with Crippen LogP contribution in [0.3, 0.4) is 0 Å². The number of allylic oxidation sites excluding steroid dienone is 17. The van der Waals surface area contributed by atoms with E-state index in [9.17, 15) is 35.1 Å². The van der Waals surface area contributed by atoms with E-state index >= 15 is 0 Å². The first-order valence-corrected chi connectivity index (χ1v) is 35.2. The minimum atomic E-state index is -1.63. The highest BCUT2D eigenvalue weighted by atomic mass is 16.7. The number of nitrogens with one attached hydrogen (secondary N) is 1. The van der Waals surface area contributed by atoms with Crippen LogP contribution in [0, 0.1) is 0 Å². The van der Waals surface area contributed by atoms with Gasteiger partial charge in [0.25, 0.3) is 0 Å². The van der Waals surface area contributed by atoms with Crippen LogP contribution in [0.15, 0.2) is 109 Å². The quantitative estimate of drug-likeness (QED) is 0.0195. The van der Waals surface area contributed by atoms with E-state index in [2.05, 4.69) is 123 Å². The summed E-state index contributed by atoms with van der Waals surface area (Å²) >= 11 is 0. The summed E-state index contributed by atoms with van der Waals surface area (Å²) in [6.07, 6.45) is 74.0. The number of hydrogen-bond donors (Lipinski definition) is 6. The molecule has 0 radical (unpaired) electrons. The maximum Gasteiger partial charge on any atom is 0.306 e. The Hall–Kier alpha value is -3.68. The summed E-state index contributed by atoms with van der Waals surface area (Å²) in [5.74, 6) is -1.22. The standard InChI is InChI=1S/C75H129NO10/c1-4-7-10-13-16-19-22-25-27-29-31-33-34-35-37-38-40-42-44-47-50-53-56-59-62-68(79)74(83)76-66(67(78)61-58-55-52-49-46-24-21-18-15-12-9-6-3)65-84-75-73(72(82)71(81)69(64-77)85-75)86-70(80)63-60-57-54-51-48-45-43-41-39-36-32-30-28-26-23-20-17-14-11-8-5-2/h16-17,19-20,25-28,31-33,35-37,41,43,58,61,66-69,71-73,75,77-79,81-82H,4-15,18,21-24,29-30,34,38-40,42,44-57,59-60,62-65H2,1-3H3,(H,76,83)/b19-16-,20-17-,27-25-,28-26-,33-31-,36-32-,37-35-,43-41-,61-58+. The molecule has 0 aliphatic carbocycles. The molecule has 1 saturated heterocycles. The molecule has 86 heavy (non-hydrogen) atoms. The lowest BCUT2D eigenvalue weighted by Gasteiger charge is -2.41. The third-order valence-corrected chi connectivity index (χ3v) is 15.9. The summed E-state index contributed by atoms with van der Waals surface area (Å²) in [7, 11) is 0. The van der Waals surface area contributed by atoms with Gasteiger partial charge >= 0.3 is 5.97 Å². The van der Waals surface area contributed by atoms with Crippen molar-refractivity contribution in [2.75, 3.05) is 13.2 Å². The summed E-state index contributed by atoms with van der Waals surface area (Å²) in [5.41, 5.74) is 0. The van der Waals surface area contributed by atoms with Crippen molar-refractivity contribution in [3.8, 4) is 0 Å². The minimum absolute atomic E-state index is 0.0968. The van der Waals surface area contributed by atoms with Gasteiger partial charge in [-0.15, -0.1) is 0 Å². The molecular formula is C75H129NO10. The number of carbonyl (C=O) groups excluding carboxylic acids is 2. The third-order valence-electron chi connectivity index (χ3n) is 15.9. The second kappa shape index (κ2) is 61.6. The average Bonchev–Trinajstić information content (AvgIpc) is 3.68. The van der Waals surface area contributed by atoms with Gasteiger partial charge in [0.15, 0.2) is 12.4 Å². The van der Waals surface area contributed by atoms with E-state index in [-0.39, 0.29) is 19.4 Å². The van der Waals surface area contributed by atoms with E-state index in [1.807, 2.05) is 6.08 Å². The second-order valence-electron chi connectivity index (χ2n) is 23.9. The Morgan fingerprint density at radius 2 is 0.802 bits per heavy atom. The van der Waals surface area contributed by atoms with E-state index in [0.29, 0.717) is 12.8 Å². The van der Waals surface area contributed by atoms with E-state index in [1.165, 1.54) is 128 Å². The van der Waals surface area contributed by atoms with Gasteiger partial charge in [0.1, 0.15) is 24.4 Å². The van der Waals surface area contributed by atoms with Gasteiger partial charge in [0, 0.05) is 6.42 Å². The summed E-state index contributed by atoms with van der Waals surface area (Å²) in [6, 6.07) is -1.04. The first-order valence-electron chi connectivity index (χ1n) is 35.2. The molecule has 0 aromatic carbocycles. The number of carbonyl (C=O) groups is 2. The zero-order chi connectivity index (χ0) is 62.4. The molecule has 8 atom stereocenters. The van der Waals surface area contributed by atoms with Gasteiger partial charge < -0.3 is 45.1 Å². The fraction of sp³-hybridized carbons (Fsp3) is 0.733. The van der Waals surface area contributed by atoms with E-state index < -0.39 is 67.4 Å². The molecule has 1 aliphatic rings. The number of amides is 1. The zero-order valence-electron chi connectivity index (χ0n) is 54.9. The van der Waals surface area contributed by atoms with E-state index in [0.717, 1.165) is 116 Å². The SMILES string of the molecule is CCCCC/C=C\C/C=C\C/C=C\C/C=C\CCCCCCCCCCC(O)C(=O)NC(COC1OC(CO)C(O)C(O)C1OC(=O)CCCCCCC/C=C\C/C=C\C/C=C\C/C=C\CCCCC)C(O)/C=C/CCCCCCCCCCCC. The maximum absolute atomic E-state index is 13.5. The van der Waals surface area contributed by atoms with Crippen molar-refractivity contribution in [1.29, 1.82) is 0 Å². The number of unbranched alkanes of at least 4 members (excludes halogenated alkanes) is 29. The Labute approximate surface area is 526 Å². The van der Waals surface area contributed by atoms with Crippen LogP contribution in [0.5, 0.6) is 0 Å². The molecule has 0 saturated carbocycles. The smallest absolute Gasteiger partial charge is 0.306 e. The zero-order valence-corrected chi connectivity index (χ0v) is 54.9. The van der Waals surface area contributed by atoms with Gasteiger partial charge in [-0.2, -0.15) is 0 Å². The van der Waals surface area contributed by atoms with Crippen molar-refractivity contribution in [1.82, 2.24) is 5.32 Å².